The molecule has 47 heavy (non-hydrogen) atoms. The second-order valence-electron chi connectivity index (χ2n) is 15.7. The number of hydrogen-bond donors (Lipinski definition) is 2. The number of alkyl halides is 3. The minimum atomic E-state index is -4.56. The van der Waals surface area contributed by atoms with Crippen molar-refractivity contribution >= 4 is 17.4 Å². The van der Waals surface area contributed by atoms with Crippen LogP contribution in [-0.4, -0.2) is 52.7 Å². The number of hydrogen-bond acceptors (Lipinski definition) is 5. The maximum Gasteiger partial charge on any atom is 0.416 e. The summed E-state index contributed by atoms with van der Waals surface area (Å²) in [5.41, 5.74) is -2.85. The molecule has 2 bridgehead atoms. The molecule has 3 saturated carbocycles. The van der Waals surface area contributed by atoms with Crippen LogP contribution in [0.2, 0.25) is 5.02 Å². The molecule has 6 aliphatic rings. The molecule has 0 amide bonds. The molecule has 2 spiro atoms. The van der Waals surface area contributed by atoms with E-state index in [1.165, 1.54) is 18.2 Å². The summed E-state index contributed by atoms with van der Waals surface area (Å²) in [6.07, 6.45) is 7.76. The number of benzene rings is 1. The van der Waals surface area contributed by atoms with E-state index in [1.54, 1.807) is 0 Å². The summed E-state index contributed by atoms with van der Waals surface area (Å²) >= 11 is 6.34. The van der Waals surface area contributed by atoms with Crippen LogP contribution < -0.4 is 0 Å². The Kier molecular flexibility index (Phi) is 7.61. The summed E-state index contributed by atoms with van der Waals surface area (Å²) in [5, 5.41) is 23.5. The van der Waals surface area contributed by atoms with Crippen LogP contribution in [-0.2, 0) is 6.18 Å². The molecule has 1 aromatic heterocycles. The van der Waals surface area contributed by atoms with Crippen LogP contribution in [0.1, 0.15) is 88.3 Å². The van der Waals surface area contributed by atoms with Gasteiger partial charge in [0.1, 0.15) is 5.76 Å². The van der Waals surface area contributed by atoms with Crippen LogP contribution in [0.25, 0.3) is 11.3 Å². The maximum atomic E-state index is 14.8. The summed E-state index contributed by atoms with van der Waals surface area (Å²) < 4.78 is 46.7. The van der Waals surface area contributed by atoms with E-state index >= 15 is 0 Å². The van der Waals surface area contributed by atoms with Gasteiger partial charge in [0, 0.05) is 33.9 Å². The van der Waals surface area contributed by atoms with Gasteiger partial charge in [0.2, 0.25) is 5.78 Å². The summed E-state index contributed by atoms with van der Waals surface area (Å²) in [5.74, 6) is -0.0361. The Morgan fingerprint density at radius 2 is 1.74 bits per heavy atom. The Balaban J connectivity index is 1.34. The third kappa shape index (κ3) is 4.56. The number of allylic oxidation sites excluding steroid dienone is 4. The quantitative estimate of drug-likeness (QED) is 0.228. The standard InChI is InChI=1S/C38H45ClF3NO4/c1-5-18-43(4)22-36(46)15-12-31-34(36,3)14-11-30-33(2)13-10-24(44)20-35(33)16-17-37(30,31)26(21-35)32(45)29-9-8-28(47-29)25-19-23(38(40,41)42)6-7-27(25)39/h6-9,16-17,19,21,24,30-31,44,46H,5,10-15,18,20,22H2,1-4H3/t24?,30-,31-,33-,34+,35+,36-,37-/m1/s1. The van der Waals surface area contributed by atoms with E-state index < -0.39 is 39.7 Å². The van der Waals surface area contributed by atoms with Gasteiger partial charge < -0.3 is 19.5 Å². The molecule has 0 saturated heterocycles. The summed E-state index contributed by atoms with van der Waals surface area (Å²) in [6, 6.07) is 6.11. The zero-order valence-corrected chi connectivity index (χ0v) is 28.3. The molecule has 1 aromatic carbocycles. The number of fused-ring (bicyclic) bond motifs is 1. The lowest BCUT2D eigenvalue weighted by atomic mass is 9.32. The fourth-order valence-corrected chi connectivity index (χ4v) is 11.3. The van der Waals surface area contributed by atoms with Gasteiger partial charge in [-0.15, -0.1) is 0 Å². The number of aliphatic hydroxyl groups is 2. The van der Waals surface area contributed by atoms with Crippen LogP contribution in [0.3, 0.4) is 0 Å². The lowest BCUT2D eigenvalue weighted by Gasteiger charge is -2.71. The highest BCUT2D eigenvalue weighted by Crippen LogP contribution is 2.78. The lowest BCUT2D eigenvalue weighted by molar-refractivity contribution is -0.175. The molecular weight excluding hydrogens is 627 g/mol. The summed E-state index contributed by atoms with van der Waals surface area (Å²) in [7, 11) is 2.06. The van der Waals surface area contributed by atoms with Gasteiger partial charge in [0.05, 0.1) is 22.3 Å². The van der Waals surface area contributed by atoms with E-state index in [0.29, 0.717) is 31.4 Å². The van der Waals surface area contributed by atoms with Gasteiger partial charge >= 0.3 is 6.18 Å². The highest BCUT2D eigenvalue weighted by molar-refractivity contribution is 6.33. The lowest BCUT2D eigenvalue weighted by Crippen LogP contribution is -2.67. The molecule has 8 atom stereocenters. The van der Waals surface area contributed by atoms with Gasteiger partial charge in [-0.2, -0.15) is 13.2 Å². The van der Waals surface area contributed by atoms with Crippen molar-refractivity contribution in [3.8, 4) is 11.3 Å². The molecule has 2 N–H and O–H groups in total. The first-order valence-electron chi connectivity index (χ1n) is 17.1. The van der Waals surface area contributed by atoms with E-state index in [1.807, 2.05) is 0 Å². The minimum absolute atomic E-state index is 0.00505. The van der Waals surface area contributed by atoms with Crippen molar-refractivity contribution in [2.24, 2.45) is 33.5 Å². The number of furan rings is 1. The van der Waals surface area contributed by atoms with Crippen molar-refractivity contribution < 1.29 is 32.6 Å². The number of aliphatic hydroxyl groups excluding tert-OH is 1. The number of carbonyl (C=O) groups excluding carboxylic acids is 1. The van der Waals surface area contributed by atoms with Crippen molar-refractivity contribution in [2.45, 2.75) is 90.0 Å². The van der Waals surface area contributed by atoms with E-state index in [4.69, 9.17) is 16.0 Å². The second-order valence-corrected chi connectivity index (χ2v) is 16.1. The number of rotatable bonds is 7. The monoisotopic (exact) mass is 671 g/mol. The first kappa shape index (κ1) is 33.1. The van der Waals surface area contributed by atoms with Crippen molar-refractivity contribution in [3.05, 3.63) is 70.5 Å². The van der Waals surface area contributed by atoms with E-state index in [9.17, 15) is 28.2 Å². The molecule has 5 nitrogen and oxygen atoms in total. The van der Waals surface area contributed by atoms with E-state index in [2.05, 4.69) is 50.9 Å². The largest absolute Gasteiger partial charge is 0.453 e. The third-order valence-corrected chi connectivity index (χ3v) is 13.8. The molecule has 6 aliphatic carbocycles. The number of ketones is 1. The molecule has 1 unspecified atom stereocenters. The molecule has 2 aromatic rings. The fourth-order valence-electron chi connectivity index (χ4n) is 11.1. The van der Waals surface area contributed by atoms with Crippen molar-refractivity contribution in [3.63, 3.8) is 0 Å². The predicted molar refractivity (Wildman–Crippen MR) is 175 cm³/mol. The molecule has 9 heteroatoms. The Morgan fingerprint density at radius 1 is 1.04 bits per heavy atom. The van der Waals surface area contributed by atoms with E-state index in [0.717, 1.165) is 50.8 Å². The highest BCUT2D eigenvalue weighted by atomic mass is 35.5. The van der Waals surface area contributed by atoms with Gasteiger partial charge in [0.25, 0.3) is 0 Å². The number of likely N-dealkylation sites (N-methyl/N-ethyl adjacent to an activating group) is 1. The smallest absolute Gasteiger partial charge is 0.416 e. The van der Waals surface area contributed by atoms with Crippen LogP contribution >= 0.6 is 11.6 Å². The summed E-state index contributed by atoms with van der Waals surface area (Å²) in [6.45, 7) is 8.14. The van der Waals surface area contributed by atoms with Crippen molar-refractivity contribution in [1.82, 2.24) is 4.90 Å². The first-order chi connectivity index (χ1) is 22.0. The van der Waals surface area contributed by atoms with Crippen LogP contribution in [0.5, 0.6) is 0 Å². The van der Waals surface area contributed by atoms with Gasteiger partial charge in [-0.05, 0) is 113 Å². The average Bonchev–Trinajstić information content (AvgIpc) is 3.59. The number of carbonyl (C=O) groups is 1. The Hall–Kier alpha value is -2.39. The minimum Gasteiger partial charge on any atom is -0.453 e. The zero-order valence-electron chi connectivity index (χ0n) is 27.6. The molecule has 1 heterocycles. The first-order valence-corrected chi connectivity index (χ1v) is 17.5. The fraction of sp³-hybridized carbons (Fsp3) is 0.605. The normalized spacial score (nSPS) is 39.0. The molecule has 8 rings (SSSR count). The molecule has 3 fully saturated rings. The van der Waals surface area contributed by atoms with Gasteiger partial charge in [0.15, 0.2) is 5.76 Å². The average molecular weight is 672 g/mol. The molecule has 254 valence electrons. The topological polar surface area (TPSA) is 73.9 Å². The highest BCUT2D eigenvalue weighted by Gasteiger charge is 2.74. The number of nitrogens with zero attached hydrogens (tertiary/aromatic N) is 1. The Bertz CT molecular complexity index is 1670. The SMILES string of the molecule is CCCN(C)C[C@]1(O)CC[C@H]2[C@]34C=C[C@@]5(C=C3C(=O)c3ccc(-c6cc(C(F)(F)F)ccc6Cl)o3)CC(O)CC[C@]5(C)[C@H]4CC[C@@]21C. The van der Waals surface area contributed by atoms with Crippen molar-refractivity contribution in [2.75, 3.05) is 20.1 Å². The Morgan fingerprint density at radius 3 is 2.47 bits per heavy atom. The molecular formula is C38H45ClF3NO4. The van der Waals surface area contributed by atoms with Crippen LogP contribution in [0.15, 0.2) is 58.6 Å². The van der Waals surface area contributed by atoms with E-state index in [-0.39, 0.29) is 45.1 Å². The number of halogens is 4. The van der Waals surface area contributed by atoms with Crippen molar-refractivity contribution in [1.29, 1.82) is 0 Å². The summed E-state index contributed by atoms with van der Waals surface area (Å²) in [4.78, 5) is 17.0. The second kappa shape index (κ2) is 10.8. The zero-order chi connectivity index (χ0) is 33.8. The van der Waals surface area contributed by atoms with Gasteiger partial charge in [-0.25, -0.2) is 0 Å². The van der Waals surface area contributed by atoms with Gasteiger partial charge in [-0.1, -0.05) is 50.6 Å². The number of Topliss-reactive ketones (excluding diaryl/α,β-unsaturated/α-hetero) is 1. The third-order valence-electron chi connectivity index (χ3n) is 13.5. The van der Waals surface area contributed by atoms with Crippen LogP contribution in [0.4, 0.5) is 13.2 Å². The molecule has 0 aliphatic heterocycles. The maximum absolute atomic E-state index is 14.8. The Labute approximate surface area is 279 Å². The molecule has 0 radical (unpaired) electrons. The predicted octanol–water partition coefficient (Wildman–Crippen LogP) is 8.73. The van der Waals surface area contributed by atoms with Crippen LogP contribution in [0, 0.1) is 33.5 Å². The van der Waals surface area contributed by atoms with Gasteiger partial charge in [-0.3, -0.25) is 4.79 Å².